The summed E-state index contributed by atoms with van der Waals surface area (Å²) in [4.78, 5) is 34.8. The van der Waals surface area contributed by atoms with Crippen molar-refractivity contribution in [3.63, 3.8) is 0 Å². The van der Waals surface area contributed by atoms with Crippen molar-refractivity contribution in [3.05, 3.63) is 47.8 Å². The summed E-state index contributed by atoms with van der Waals surface area (Å²) in [5.41, 5.74) is 1.13. The van der Waals surface area contributed by atoms with E-state index in [2.05, 4.69) is 15.3 Å². The van der Waals surface area contributed by atoms with Gasteiger partial charge in [0.1, 0.15) is 18.1 Å². The number of hydrogen-bond acceptors (Lipinski definition) is 5. The first-order valence-corrected chi connectivity index (χ1v) is 8.13. The lowest BCUT2D eigenvalue weighted by atomic mass is 10.2. The van der Waals surface area contributed by atoms with E-state index in [1.54, 1.807) is 17.3 Å². The summed E-state index contributed by atoms with van der Waals surface area (Å²) in [5.74, 6) is 0.374. The summed E-state index contributed by atoms with van der Waals surface area (Å²) in [6, 6.07) is 5.35. The van der Waals surface area contributed by atoms with Gasteiger partial charge in [-0.15, -0.1) is 0 Å². The van der Waals surface area contributed by atoms with Gasteiger partial charge in [0, 0.05) is 32.6 Å². The zero-order valence-electron chi connectivity index (χ0n) is 14.3. The van der Waals surface area contributed by atoms with Gasteiger partial charge in [-0.2, -0.15) is 0 Å². The van der Waals surface area contributed by atoms with E-state index in [9.17, 15) is 9.59 Å². The van der Waals surface area contributed by atoms with Gasteiger partial charge in [-0.25, -0.2) is 4.98 Å². The molecule has 2 aromatic rings. The second-order valence-corrected chi connectivity index (χ2v) is 5.88. The van der Waals surface area contributed by atoms with Crippen LogP contribution in [0.1, 0.15) is 35.0 Å². The molecule has 0 saturated carbocycles. The molecule has 132 valence electrons. The van der Waals surface area contributed by atoms with Crippen LogP contribution in [0.5, 0.6) is 0 Å². The van der Waals surface area contributed by atoms with Gasteiger partial charge in [-0.1, -0.05) is 6.07 Å². The smallest absolute Gasteiger partial charge is 0.271 e. The maximum absolute atomic E-state index is 12.3. The van der Waals surface area contributed by atoms with E-state index in [4.69, 9.17) is 4.74 Å². The molecular formula is C17H21N5O3. The van der Waals surface area contributed by atoms with Crippen molar-refractivity contribution in [2.24, 2.45) is 0 Å². The molecule has 0 saturated heterocycles. The van der Waals surface area contributed by atoms with Crippen LogP contribution in [0.25, 0.3) is 0 Å². The number of imidazole rings is 1. The summed E-state index contributed by atoms with van der Waals surface area (Å²) in [7, 11) is 1.50. The van der Waals surface area contributed by atoms with E-state index in [1.165, 1.54) is 7.11 Å². The van der Waals surface area contributed by atoms with Crippen LogP contribution in [-0.4, -0.2) is 51.5 Å². The van der Waals surface area contributed by atoms with Crippen LogP contribution in [0.15, 0.2) is 30.6 Å². The highest BCUT2D eigenvalue weighted by molar-refractivity contribution is 5.92. The topological polar surface area (TPSA) is 89.4 Å². The van der Waals surface area contributed by atoms with Crippen LogP contribution in [0, 0.1) is 0 Å². The van der Waals surface area contributed by atoms with E-state index in [0.717, 1.165) is 5.69 Å². The van der Waals surface area contributed by atoms with Gasteiger partial charge in [0.05, 0.1) is 18.3 Å². The highest BCUT2D eigenvalue weighted by Gasteiger charge is 2.30. The number of ether oxygens (including phenoxy) is 1. The molecule has 2 aromatic heterocycles. The number of carbonyl (C=O) groups excluding carboxylic acids is 2. The average Bonchev–Trinajstić information content (AvgIpc) is 3.06. The number of pyridine rings is 1. The molecule has 3 heterocycles. The highest BCUT2D eigenvalue weighted by Crippen LogP contribution is 2.24. The van der Waals surface area contributed by atoms with Gasteiger partial charge in [-0.05, 0) is 19.1 Å². The summed E-state index contributed by atoms with van der Waals surface area (Å²) in [6.07, 6.45) is 3.42. The summed E-state index contributed by atoms with van der Waals surface area (Å²) >= 11 is 0. The van der Waals surface area contributed by atoms with Gasteiger partial charge in [-0.3, -0.25) is 14.6 Å². The van der Waals surface area contributed by atoms with Gasteiger partial charge in [0.25, 0.3) is 5.91 Å². The minimum absolute atomic E-state index is 0.0441. The van der Waals surface area contributed by atoms with E-state index in [1.807, 2.05) is 29.7 Å². The third-order valence-corrected chi connectivity index (χ3v) is 4.21. The molecular weight excluding hydrogens is 322 g/mol. The Balaban J connectivity index is 1.69. The number of hydrogen-bond donors (Lipinski definition) is 1. The minimum atomic E-state index is -0.255. The minimum Gasteiger partial charge on any atom is -0.375 e. The molecule has 0 fully saturated rings. The first-order valence-electron chi connectivity index (χ1n) is 8.13. The predicted octanol–water partition coefficient (Wildman–Crippen LogP) is 0.758. The summed E-state index contributed by atoms with van der Waals surface area (Å²) in [6.45, 7) is 3.47. The largest absolute Gasteiger partial charge is 0.375 e. The van der Waals surface area contributed by atoms with Crippen molar-refractivity contribution in [2.75, 3.05) is 20.3 Å². The lowest BCUT2D eigenvalue weighted by Gasteiger charge is -2.33. The van der Waals surface area contributed by atoms with Gasteiger partial charge >= 0.3 is 0 Å². The fourth-order valence-electron chi connectivity index (χ4n) is 2.91. The number of nitrogens with one attached hydrogen (secondary N) is 1. The fraction of sp³-hybridized carbons (Fsp3) is 0.412. The van der Waals surface area contributed by atoms with Crippen LogP contribution in [0.2, 0.25) is 0 Å². The number of carbonyl (C=O) groups is 2. The number of fused-ring (bicyclic) bond motifs is 1. The maximum Gasteiger partial charge on any atom is 0.271 e. The molecule has 0 radical (unpaired) electrons. The number of nitrogens with zero attached hydrogens (tertiary/aromatic N) is 4. The Morgan fingerprint density at radius 1 is 1.36 bits per heavy atom. The monoisotopic (exact) mass is 343 g/mol. The van der Waals surface area contributed by atoms with E-state index in [0.29, 0.717) is 31.2 Å². The lowest BCUT2D eigenvalue weighted by molar-refractivity contribution is -0.138. The molecule has 0 bridgehead atoms. The first-order chi connectivity index (χ1) is 12.1. The summed E-state index contributed by atoms with van der Waals surface area (Å²) in [5, 5.41) is 2.82. The Bertz CT molecular complexity index is 759. The first kappa shape index (κ1) is 17.1. The third-order valence-electron chi connectivity index (χ3n) is 4.21. The lowest BCUT2D eigenvalue weighted by Crippen LogP contribution is -2.42. The van der Waals surface area contributed by atoms with Crippen molar-refractivity contribution in [1.29, 1.82) is 0 Å². The van der Waals surface area contributed by atoms with Crippen LogP contribution >= 0.6 is 0 Å². The molecule has 3 rings (SSSR count). The second-order valence-electron chi connectivity index (χ2n) is 5.88. The number of aromatic nitrogens is 3. The SMILES string of the molecule is COCC(=O)N1CCn2cc(C(=O)NCc3ccccn3)nc2C1C. The molecule has 0 spiro atoms. The Kier molecular flexibility index (Phi) is 5.08. The highest BCUT2D eigenvalue weighted by atomic mass is 16.5. The quantitative estimate of drug-likeness (QED) is 0.866. The standard InChI is InChI=1S/C17H21N5O3/c1-12-16-20-14(17(24)19-9-13-5-3-4-6-18-13)10-21(16)7-8-22(12)15(23)11-25-2/h3-6,10,12H,7-9,11H2,1-2H3,(H,19,24). The second kappa shape index (κ2) is 7.43. The number of rotatable bonds is 5. The van der Waals surface area contributed by atoms with Crippen molar-refractivity contribution in [1.82, 2.24) is 24.8 Å². The predicted molar refractivity (Wildman–Crippen MR) is 89.6 cm³/mol. The molecule has 1 atom stereocenters. The molecule has 0 aliphatic carbocycles. The molecule has 0 aromatic carbocycles. The zero-order chi connectivity index (χ0) is 17.8. The molecule has 1 unspecified atom stereocenters. The van der Waals surface area contributed by atoms with Crippen molar-refractivity contribution in [3.8, 4) is 0 Å². The summed E-state index contributed by atoms with van der Waals surface area (Å²) < 4.78 is 6.85. The Labute approximate surface area is 145 Å². The third kappa shape index (κ3) is 3.69. The van der Waals surface area contributed by atoms with Gasteiger partial charge in [0.15, 0.2) is 0 Å². The number of methoxy groups -OCH3 is 1. The van der Waals surface area contributed by atoms with Crippen LogP contribution < -0.4 is 5.32 Å². The Morgan fingerprint density at radius 2 is 2.20 bits per heavy atom. The van der Waals surface area contributed by atoms with Crippen LogP contribution in [-0.2, 0) is 22.6 Å². The van der Waals surface area contributed by atoms with Crippen LogP contribution in [0.3, 0.4) is 0 Å². The van der Waals surface area contributed by atoms with Crippen molar-refractivity contribution in [2.45, 2.75) is 26.1 Å². The van der Waals surface area contributed by atoms with E-state index >= 15 is 0 Å². The van der Waals surface area contributed by atoms with Gasteiger partial charge in [0.2, 0.25) is 5.91 Å². The molecule has 1 aliphatic heterocycles. The molecule has 25 heavy (non-hydrogen) atoms. The number of amides is 2. The zero-order valence-corrected chi connectivity index (χ0v) is 14.3. The Hall–Kier alpha value is -2.74. The normalized spacial score (nSPS) is 16.4. The van der Waals surface area contributed by atoms with E-state index in [-0.39, 0.29) is 24.5 Å². The van der Waals surface area contributed by atoms with Crippen molar-refractivity contribution < 1.29 is 14.3 Å². The molecule has 1 N–H and O–H groups in total. The molecule has 2 amide bonds. The molecule has 8 nitrogen and oxygen atoms in total. The average molecular weight is 343 g/mol. The van der Waals surface area contributed by atoms with Gasteiger partial charge < -0.3 is 19.5 Å². The molecule has 8 heteroatoms. The molecule has 1 aliphatic rings. The maximum atomic E-state index is 12.3. The van der Waals surface area contributed by atoms with E-state index < -0.39 is 0 Å². The van der Waals surface area contributed by atoms with Crippen molar-refractivity contribution >= 4 is 11.8 Å². The fourth-order valence-corrected chi connectivity index (χ4v) is 2.91. The van der Waals surface area contributed by atoms with Crippen LogP contribution in [0.4, 0.5) is 0 Å². The Morgan fingerprint density at radius 3 is 2.92 bits per heavy atom.